The Hall–Kier alpha value is -3.15. The van der Waals surface area contributed by atoms with E-state index in [9.17, 15) is 19.5 Å². The molecule has 6 heteroatoms. The minimum atomic E-state index is -1.83. The third-order valence-electron chi connectivity index (χ3n) is 4.60. The average Bonchev–Trinajstić information content (AvgIpc) is 2.95. The maximum atomic E-state index is 13.1. The number of hydrogen-bond donors (Lipinski definition) is 0. The molecule has 2 heterocycles. The molecule has 0 radical (unpaired) electrons. The van der Waals surface area contributed by atoms with Crippen LogP contribution >= 0.6 is 0 Å². The van der Waals surface area contributed by atoms with Crippen LogP contribution in [0, 0.1) is 0 Å². The molecule has 6 nitrogen and oxygen atoms in total. The van der Waals surface area contributed by atoms with E-state index in [1.807, 2.05) is 0 Å². The van der Waals surface area contributed by atoms with Gasteiger partial charge in [-0.1, -0.05) is 30.3 Å². The van der Waals surface area contributed by atoms with E-state index >= 15 is 0 Å². The summed E-state index contributed by atoms with van der Waals surface area (Å²) in [6.07, 6.45) is 0.0298. The number of benzene rings is 2. The molecule has 4 rings (SSSR count). The molecule has 0 spiro atoms. The summed E-state index contributed by atoms with van der Waals surface area (Å²) in [4.78, 5) is 40.1. The quantitative estimate of drug-likeness (QED) is 0.824. The summed E-state index contributed by atoms with van der Waals surface area (Å²) in [5.74, 6) is -2.24. The lowest BCUT2D eigenvalue weighted by atomic mass is 9.95. The van der Waals surface area contributed by atoms with Gasteiger partial charge in [-0.25, -0.2) is 0 Å². The second kappa shape index (κ2) is 4.92. The lowest BCUT2D eigenvalue weighted by molar-refractivity contribution is -0.312. The number of amides is 2. The molecular formula is C18H13N2O4-. The van der Waals surface area contributed by atoms with Gasteiger partial charge in [-0.3, -0.25) is 19.4 Å². The number of hydrogen-bond acceptors (Lipinski definition) is 4. The summed E-state index contributed by atoms with van der Waals surface area (Å²) in [5, 5.41) is 12.1. The van der Waals surface area contributed by atoms with Gasteiger partial charge in [0.2, 0.25) is 5.91 Å². The summed E-state index contributed by atoms with van der Waals surface area (Å²) in [6, 6.07) is 15.1. The summed E-state index contributed by atoms with van der Waals surface area (Å²) in [6.45, 7) is 0. The molecule has 1 saturated heterocycles. The van der Waals surface area contributed by atoms with Gasteiger partial charge in [0.25, 0.3) is 5.91 Å². The Labute approximate surface area is 137 Å². The molecule has 0 aliphatic carbocycles. The van der Waals surface area contributed by atoms with Gasteiger partial charge in [0, 0.05) is 18.5 Å². The number of aliphatic carboxylic acids is 1. The third-order valence-corrected chi connectivity index (χ3v) is 4.60. The van der Waals surface area contributed by atoms with Crippen LogP contribution in [0.5, 0.6) is 0 Å². The number of para-hydroxylation sites is 2. The maximum Gasteiger partial charge on any atom is 0.262 e. The summed E-state index contributed by atoms with van der Waals surface area (Å²) in [7, 11) is 0. The fraction of sp³-hybridized carbons (Fsp3) is 0.167. The predicted octanol–water partition coefficient (Wildman–Crippen LogP) is 0.920. The van der Waals surface area contributed by atoms with Crippen molar-refractivity contribution in [3.8, 4) is 0 Å². The fourth-order valence-electron chi connectivity index (χ4n) is 3.59. The van der Waals surface area contributed by atoms with Gasteiger partial charge in [0.05, 0.1) is 17.2 Å². The first kappa shape index (κ1) is 14.4. The van der Waals surface area contributed by atoms with Crippen LogP contribution in [0.3, 0.4) is 0 Å². The van der Waals surface area contributed by atoms with Crippen molar-refractivity contribution in [1.29, 1.82) is 0 Å². The Morgan fingerprint density at radius 1 is 0.958 bits per heavy atom. The highest BCUT2D eigenvalue weighted by Crippen LogP contribution is 2.45. The first-order valence-electron chi connectivity index (χ1n) is 7.60. The molecule has 0 N–H and O–H groups in total. The van der Waals surface area contributed by atoms with Gasteiger partial charge in [-0.15, -0.1) is 0 Å². The van der Waals surface area contributed by atoms with Crippen LogP contribution in [0.1, 0.15) is 23.2 Å². The van der Waals surface area contributed by atoms with Crippen molar-refractivity contribution in [3.05, 3.63) is 60.2 Å². The van der Waals surface area contributed by atoms with Crippen molar-refractivity contribution in [1.82, 2.24) is 0 Å². The molecular weight excluding hydrogens is 308 g/mol. The van der Waals surface area contributed by atoms with Crippen LogP contribution in [-0.2, 0) is 9.59 Å². The van der Waals surface area contributed by atoms with Crippen LogP contribution in [0.2, 0.25) is 0 Å². The lowest BCUT2D eigenvalue weighted by Crippen LogP contribution is -2.71. The lowest BCUT2D eigenvalue weighted by Gasteiger charge is -2.50. The van der Waals surface area contributed by atoms with Crippen LogP contribution in [0.4, 0.5) is 11.4 Å². The fourth-order valence-corrected chi connectivity index (χ4v) is 3.59. The summed E-state index contributed by atoms with van der Waals surface area (Å²) >= 11 is 0. The second-order valence-corrected chi connectivity index (χ2v) is 5.83. The number of carbonyl (C=O) groups excluding carboxylic acids is 3. The van der Waals surface area contributed by atoms with Crippen LogP contribution in [-0.4, -0.2) is 23.4 Å². The molecule has 0 unspecified atom stereocenters. The van der Waals surface area contributed by atoms with Gasteiger partial charge >= 0.3 is 0 Å². The zero-order valence-corrected chi connectivity index (χ0v) is 12.6. The predicted molar refractivity (Wildman–Crippen MR) is 84.2 cm³/mol. The molecule has 2 aliphatic heterocycles. The van der Waals surface area contributed by atoms with Gasteiger partial charge in [-0.05, 0) is 24.3 Å². The van der Waals surface area contributed by atoms with Gasteiger partial charge < -0.3 is 9.90 Å². The maximum absolute atomic E-state index is 13.1. The van der Waals surface area contributed by atoms with E-state index in [-0.39, 0.29) is 18.7 Å². The number of rotatable bonds is 2. The van der Waals surface area contributed by atoms with Crippen molar-refractivity contribution in [3.63, 3.8) is 0 Å². The van der Waals surface area contributed by atoms with Crippen molar-refractivity contribution < 1.29 is 19.5 Å². The molecule has 2 aromatic rings. The van der Waals surface area contributed by atoms with Crippen LogP contribution in [0.25, 0.3) is 0 Å². The average molecular weight is 321 g/mol. The van der Waals surface area contributed by atoms with Crippen LogP contribution < -0.4 is 14.9 Å². The van der Waals surface area contributed by atoms with Crippen molar-refractivity contribution in [2.75, 3.05) is 9.80 Å². The monoisotopic (exact) mass is 321 g/mol. The normalized spacial score (nSPS) is 22.3. The van der Waals surface area contributed by atoms with Gasteiger partial charge in [-0.2, -0.15) is 0 Å². The highest BCUT2D eigenvalue weighted by atomic mass is 16.4. The smallest absolute Gasteiger partial charge is 0.262 e. The molecule has 120 valence electrons. The molecule has 0 saturated carbocycles. The van der Waals surface area contributed by atoms with Crippen molar-refractivity contribution in [2.24, 2.45) is 0 Å². The number of carboxylic acid groups (broad SMARTS) is 1. The molecule has 0 bridgehead atoms. The molecule has 2 amide bonds. The highest BCUT2D eigenvalue weighted by Gasteiger charge is 2.57. The zero-order chi connectivity index (χ0) is 16.9. The van der Waals surface area contributed by atoms with Gasteiger partial charge in [0.15, 0.2) is 5.66 Å². The summed E-state index contributed by atoms with van der Waals surface area (Å²) in [5.41, 5.74) is -0.792. The minimum absolute atomic E-state index is 0.0108. The molecule has 0 aromatic heterocycles. The standard InChI is InChI=1S/C18H14N2O4/c21-15-10-11-18(17(23)24)19(12-6-2-1-3-7-12)16(22)13-8-4-5-9-14(13)20(15)18/h1-9H,10-11H2,(H,23,24)/p-1/t18-/m0/s1. The first-order chi connectivity index (χ1) is 11.6. The van der Waals surface area contributed by atoms with E-state index in [0.717, 1.165) is 0 Å². The van der Waals surface area contributed by atoms with Crippen LogP contribution in [0.15, 0.2) is 54.6 Å². The number of anilines is 2. The number of carboxylic acids is 1. The Balaban J connectivity index is 2.04. The SMILES string of the molecule is O=C1c2ccccc2N2C(=O)CC[C@]2(C(=O)[O-])N1c1ccccc1. The Morgan fingerprint density at radius 2 is 1.62 bits per heavy atom. The zero-order valence-electron chi connectivity index (χ0n) is 12.6. The van der Waals surface area contributed by atoms with E-state index in [0.29, 0.717) is 16.9 Å². The van der Waals surface area contributed by atoms with E-state index in [4.69, 9.17) is 0 Å². The molecule has 2 aliphatic rings. The highest BCUT2D eigenvalue weighted by molar-refractivity contribution is 6.22. The first-order valence-corrected chi connectivity index (χ1v) is 7.60. The third kappa shape index (κ3) is 1.68. The molecule has 1 fully saturated rings. The van der Waals surface area contributed by atoms with E-state index < -0.39 is 17.5 Å². The Morgan fingerprint density at radius 3 is 2.33 bits per heavy atom. The van der Waals surface area contributed by atoms with Crippen molar-refractivity contribution >= 4 is 29.2 Å². The topological polar surface area (TPSA) is 80.8 Å². The van der Waals surface area contributed by atoms with E-state index in [2.05, 4.69) is 0 Å². The molecule has 1 atom stereocenters. The van der Waals surface area contributed by atoms with E-state index in [1.165, 1.54) is 9.80 Å². The molecule has 2 aromatic carbocycles. The molecule has 24 heavy (non-hydrogen) atoms. The number of fused-ring (bicyclic) bond motifs is 3. The number of carbonyl (C=O) groups is 3. The largest absolute Gasteiger partial charge is 0.545 e. The van der Waals surface area contributed by atoms with E-state index in [1.54, 1.807) is 54.6 Å². The van der Waals surface area contributed by atoms with Crippen molar-refractivity contribution in [2.45, 2.75) is 18.5 Å². The summed E-state index contributed by atoms with van der Waals surface area (Å²) < 4.78 is 0. The second-order valence-electron chi connectivity index (χ2n) is 5.83. The minimum Gasteiger partial charge on any atom is -0.545 e. The number of nitrogens with zero attached hydrogens (tertiary/aromatic N) is 2. The van der Waals surface area contributed by atoms with Gasteiger partial charge in [0.1, 0.15) is 0 Å². The Kier molecular flexibility index (Phi) is 2.96. The Bertz CT molecular complexity index is 864.